The van der Waals surface area contributed by atoms with Gasteiger partial charge >= 0.3 is 0 Å². The van der Waals surface area contributed by atoms with Crippen LogP contribution in [0.4, 0.5) is 4.39 Å². The third-order valence-electron chi connectivity index (χ3n) is 1.90. The van der Waals surface area contributed by atoms with Crippen LogP contribution < -0.4 is 0 Å². The van der Waals surface area contributed by atoms with Crippen molar-refractivity contribution in [2.45, 2.75) is 38.0 Å². The molecule has 1 heterocycles. The summed E-state index contributed by atoms with van der Waals surface area (Å²) in [5.74, 6) is 0. The van der Waals surface area contributed by atoms with Crippen molar-refractivity contribution in [1.29, 1.82) is 0 Å². The van der Waals surface area contributed by atoms with Gasteiger partial charge in [0.25, 0.3) is 0 Å². The zero-order chi connectivity index (χ0) is 8.43. The van der Waals surface area contributed by atoms with Gasteiger partial charge in [0.1, 0.15) is 6.10 Å². The maximum Gasteiger partial charge on any atom is 0.186 e. The average Bonchev–Trinajstić information content (AvgIpc) is 2.30. The molecule has 1 fully saturated rings. The lowest BCUT2D eigenvalue weighted by Crippen LogP contribution is -2.29. The van der Waals surface area contributed by atoms with Gasteiger partial charge in [0.15, 0.2) is 12.5 Å². The molecule has 0 amide bonds. The van der Waals surface area contributed by atoms with Crippen molar-refractivity contribution in [3.05, 3.63) is 0 Å². The maximum absolute atomic E-state index is 13.0. The van der Waals surface area contributed by atoms with E-state index in [1.807, 2.05) is 6.92 Å². The molecule has 0 aliphatic carbocycles. The van der Waals surface area contributed by atoms with Crippen molar-refractivity contribution in [3.63, 3.8) is 0 Å². The number of ether oxygens (including phenoxy) is 2. The molecule has 1 N–H and O–H groups in total. The number of hydrogen-bond acceptors (Lipinski definition) is 3. The molecule has 0 aromatic heterocycles. The summed E-state index contributed by atoms with van der Waals surface area (Å²) in [6.45, 7) is 1.81. The van der Waals surface area contributed by atoms with E-state index in [1.54, 1.807) is 0 Å². The zero-order valence-electron chi connectivity index (χ0n) is 6.66. The van der Waals surface area contributed by atoms with E-state index >= 15 is 0 Å². The molecule has 0 spiro atoms. The fourth-order valence-corrected chi connectivity index (χ4v) is 1.21. The van der Waals surface area contributed by atoms with Gasteiger partial charge < -0.3 is 14.6 Å². The van der Waals surface area contributed by atoms with Gasteiger partial charge in [-0.25, -0.2) is 4.39 Å². The van der Waals surface area contributed by atoms with Gasteiger partial charge in [0.05, 0.1) is 6.10 Å². The molecule has 1 aliphatic heterocycles. The number of aliphatic hydroxyl groups is 1. The number of hydrogen-bond donors (Lipinski definition) is 1. The van der Waals surface area contributed by atoms with Crippen molar-refractivity contribution < 1.29 is 19.0 Å². The normalized spacial score (nSPS) is 44.7. The largest absolute Gasteiger partial charge is 0.385 e. The van der Waals surface area contributed by atoms with Gasteiger partial charge in [-0.15, -0.1) is 0 Å². The van der Waals surface area contributed by atoms with Crippen LogP contribution in [0.3, 0.4) is 0 Å². The molecule has 0 aromatic carbocycles. The summed E-state index contributed by atoms with van der Waals surface area (Å²) < 4.78 is 22.7. The van der Waals surface area contributed by atoms with Crippen LogP contribution in [-0.2, 0) is 9.47 Å². The molecule has 1 rings (SSSR count). The van der Waals surface area contributed by atoms with Crippen molar-refractivity contribution in [3.8, 4) is 0 Å². The van der Waals surface area contributed by atoms with Crippen LogP contribution in [0.25, 0.3) is 0 Å². The summed E-state index contributed by atoms with van der Waals surface area (Å²) in [6, 6.07) is 0. The van der Waals surface area contributed by atoms with E-state index in [9.17, 15) is 4.39 Å². The molecular weight excluding hydrogens is 151 g/mol. The second kappa shape index (κ2) is 3.47. The van der Waals surface area contributed by atoms with Crippen molar-refractivity contribution in [2.75, 3.05) is 7.11 Å². The Balaban J connectivity index is 2.53. The smallest absolute Gasteiger partial charge is 0.186 e. The summed E-state index contributed by atoms with van der Waals surface area (Å²) in [4.78, 5) is 0. The van der Waals surface area contributed by atoms with Gasteiger partial charge in [-0.3, -0.25) is 0 Å². The van der Waals surface area contributed by atoms with Gasteiger partial charge in [0, 0.05) is 7.11 Å². The first-order valence-electron chi connectivity index (χ1n) is 3.71. The zero-order valence-corrected chi connectivity index (χ0v) is 6.66. The molecule has 11 heavy (non-hydrogen) atoms. The van der Waals surface area contributed by atoms with Gasteiger partial charge in [-0.1, -0.05) is 6.92 Å². The van der Waals surface area contributed by atoms with E-state index in [4.69, 9.17) is 14.6 Å². The molecule has 1 saturated heterocycles. The Kier molecular flexibility index (Phi) is 2.81. The third kappa shape index (κ3) is 1.52. The second-order valence-corrected chi connectivity index (χ2v) is 2.62. The van der Waals surface area contributed by atoms with Gasteiger partial charge in [0.2, 0.25) is 0 Å². The highest BCUT2D eigenvalue weighted by molar-refractivity contribution is 4.85. The van der Waals surface area contributed by atoms with E-state index < -0.39 is 24.7 Å². The van der Waals surface area contributed by atoms with Crippen LogP contribution in [0.5, 0.6) is 0 Å². The van der Waals surface area contributed by atoms with Crippen LogP contribution in [0, 0.1) is 0 Å². The average molecular weight is 164 g/mol. The van der Waals surface area contributed by atoms with E-state index in [2.05, 4.69) is 0 Å². The highest BCUT2D eigenvalue weighted by atomic mass is 19.1. The predicted molar refractivity (Wildman–Crippen MR) is 36.9 cm³/mol. The Morgan fingerprint density at radius 2 is 2.27 bits per heavy atom. The molecular formula is C7H13FO3. The quantitative estimate of drug-likeness (QED) is 0.644. The van der Waals surface area contributed by atoms with E-state index in [0.29, 0.717) is 6.42 Å². The molecule has 0 bridgehead atoms. The first-order valence-corrected chi connectivity index (χ1v) is 3.71. The van der Waals surface area contributed by atoms with E-state index in [0.717, 1.165) is 0 Å². The molecule has 1 aliphatic rings. The molecule has 4 heteroatoms. The second-order valence-electron chi connectivity index (χ2n) is 2.62. The number of alkyl halides is 1. The Labute approximate surface area is 65.1 Å². The maximum atomic E-state index is 13.0. The summed E-state index contributed by atoms with van der Waals surface area (Å²) in [7, 11) is 1.39. The van der Waals surface area contributed by atoms with Crippen molar-refractivity contribution in [2.24, 2.45) is 0 Å². The molecule has 3 nitrogen and oxygen atoms in total. The summed E-state index contributed by atoms with van der Waals surface area (Å²) in [5.41, 5.74) is 0. The van der Waals surface area contributed by atoms with E-state index in [-0.39, 0.29) is 0 Å². The van der Waals surface area contributed by atoms with E-state index in [1.165, 1.54) is 7.11 Å². The molecule has 4 atom stereocenters. The Morgan fingerprint density at radius 3 is 2.55 bits per heavy atom. The van der Waals surface area contributed by atoms with Crippen LogP contribution in [0.1, 0.15) is 13.3 Å². The number of halogens is 1. The Hall–Kier alpha value is -0.190. The molecule has 0 saturated carbocycles. The molecule has 0 radical (unpaired) electrons. The fourth-order valence-electron chi connectivity index (χ4n) is 1.21. The minimum atomic E-state index is -1.31. The lowest BCUT2D eigenvalue weighted by molar-refractivity contribution is -0.148. The number of aliphatic hydroxyl groups excluding tert-OH is 1. The lowest BCUT2D eigenvalue weighted by atomic mass is 10.1. The minimum Gasteiger partial charge on any atom is -0.385 e. The lowest BCUT2D eigenvalue weighted by Gasteiger charge is -2.10. The van der Waals surface area contributed by atoms with Crippen LogP contribution >= 0.6 is 0 Å². The fraction of sp³-hybridized carbons (Fsp3) is 1.00. The summed E-state index contributed by atoms with van der Waals surface area (Å²) in [5, 5.41) is 9.13. The SMILES string of the molecule is CC[C@H]1O[C@@H](OC)[C@H](O)[C@@H]1F. The number of methoxy groups -OCH3 is 1. The molecule has 0 aromatic rings. The van der Waals surface area contributed by atoms with Gasteiger partial charge in [-0.05, 0) is 6.42 Å². The first kappa shape index (κ1) is 8.90. The molecule has 0 unspecified atom stereocenters. The van der Waals surface area contributed by atoms with Crippen LogP contribution in [0.2, 0.25) is 0 Å². The summed E-state index contributed by atoms with van der Waals surface area (Å²) in [6.07, 6.45) is -3.21. The predicted octanol–water partition coefficient (Wildman–Crippen LogP) is 0.467. The van der Waals surface area contributed by atoms with Crippen LogP contribution in [0.15, 0.2) is 0 Å². The third-order valence-corrected chi connectivity index (χ3v) is 1.90. The molecule has 66 valence electrons. The van der Waals surface area contributed by atoms with Crippen molar-refractivity contribution >= 4 is 0 Å². The van der Waals surface area contributed by atoms with Crippen LogP contribution in [-0.4, -0.2) is 36.9 Å². The number of rotatable bonds is 2. The Bertz CT molecular complexity index is 113. The highest BCUT2D eigenvalue weighted by Crippen LogP contribution is 2.25. The standard InChI is InChI=1S/C7H13FO3/c1-3-4-5(8)6(9)7(10-2)11-4/h4-7,9H,3H2,1-2H3/t4-,5-,6-,7-/m1/s1. The first-order chi connectivity index (χ1) is 5.20. The monoisotopic (exact) mass is 164 g/mol. The minimum absolute atomic E-state index is 0.519. The van der Waals surface area contributed by atoms with Gasteiger partial charge in [-0.2, -0.15) is 0 Å². The summed E-state index contributed by atoms with van der Waals surface area (Å²) >= 11 is 0. The topological polar surface area (TPSA) is 38.7 Å². The van der Waals surface area contributed by atoms with Crippen molar-refractivity contribution in [1.82, 2.24) is 0 Å². The Morgan fingerprint density at radius 1 is 1.64 bits per heavy atom. The highest BCUT2D eigenvalue weighted by Gasteiger charge is 2.43.